The molecule has 2 fully saturated rings. The third kappa shape index (κ3) is 4.38. The summed E-state index contributed by atoms with van der Waals surface area (Å²) in [5.74, 6) is 0.341. The van der Waals surface area contributed by atoms with E-state index in [2.05, 4.69) is 93.0 Å². The van der Waals surface area contributed by atoms with Crippen molar-refractivity contribution in [2.75, 3.05) is 12.3 Å². The van der Waals surface area contributed by atoms with Crippen LogP contribution in [0.1, 0.15) is 61.6 Å². The number of nitrogens with zero attached hydrogens (tertiary/aromatic N) is 4. The molecular weight excluding hydrogens is 597 g/mol. The van der Waals surface area contributed by atoms with Gasteiger partial charge >= 0.3 is 17.1 Å². The summed E-state index contributed by atoms with van der Waals surface area (Å²) < 4.78 is 29.7. The molecule has 0 unspecified atom stereocenters. The van der Waals surface area contributed by atoms with E-state index in [1.165, 1.54) is 6.33 Å². The van der Waals surface area contributed by atoms with E-state index < -0.39 is 41.7 Å². The smallest absolute Gasteiger partial charge is 0.335 e. The Bertz CT molecular complexity index is 1050. The molecule has 35 heavy (non-hydrogen) atoms. The maximum Gasteiger partial charge on any atom is 0.335 e. The number of aromatic nitrogens is 4. The van der Waals surface area contributed by atoms with Crippen molar-refractivity contribution >= 4 is 56.6 Å². The van der Waals surface area contributed by atoms with Gasteiger partial charge in [-0.15, -0.1) is 0 Å². The molecular formula is C22H38IN5O5Si2. The van der Waals surface area contributed by atoms with Gasteiger partial charge in [-0.25, -0.2) is 14.6 Å². The Labute approximate surface area is 222 Å². The van der Waals surface area contributed by atoms with Crippen molar-refractivity contribution in [2.24, 2.45) is 0 Å². The van der Waals surface area contributed by atoms with Crippen molar-refractivity contribution in [1.29, 1.82) is 0 Å². The Morgan fingerprint density at radius 3 is 2.20 bits per heavy atom. The number of hydrogen-bond acceptors (Lipinski definition) is 9. The fraction of sp³-hybridized carbons (Fsp3) is 0.773. The molecule has 0 aliphatic carbocycles. The molecule has 0 aromatic carbocycles. The average Bonchev–Trinajstić information content (AvgIpc) is 3.24. The molecule has 2 aliphatic heterocycles. The molecule has 0 bridgehead atoms. The van der Waals surface area contributed by atoms with Crippen LogP contribution in [-0.4, -0.2) is 66.9 Å². The fourth-order valence-electron chi connectivity index (χ4n) is 5.47. The largest absolute Gasteiger partial charge is 0.414 e. The van der Waals surface area contributed by atoms with Gasteiger partial charge in [0.05, 0.1) is 12.0 Å². The van der Waals surface area contributed by atoms with E-state index in [1.807, 2.05) is 0 Å². The second kappa shape index (κ2) is 9.89. The van der Waals surface area contributed by atoms with Gasteiger partial charge in [0.1, 0.15) is 34.2 Å². The third-order valence-corrected chi connectivity index (χ3v) is 18.4. The monoisotopic (exact) mass is 635 g/mol. The molecule has 4 rings (SSSR count). The highest BCUT2D eigenvalue weighted by Crippen LogP contribution is 2.48. The van der Waals surface area contributed by atoms with Crippen LogP contribution in [-0.2, 0) is 17.7 Å². The molecule has 0 amide bonds. The second-order valence-electron chi connectivity index (χ2n) is 10.8. The summed E-state index contributed by atoms with van der Waals surface area (Å²) in [6, 6.07) is 0. The fourth-order valence-corrected chi connectivity index (χ4v) is 17.4. The van der Waals surface area contributed by atoms with Crippen molar-refractivity contribution in [1.82, 2.24) is 19.7 Å². The number of aliphatic hydroxyl groups is 1. The van der Waals surface area contributed by atoms with Crippen LogP contribution in [0.25, 0.3) is 11.0 Å². The number of fused-ring (bicyclic) bond motifs is 2. The second-order valence-corrected chi connectivity index (χ2v) is 20.7. The van der Waals surface area contributed by atoms with Crippen molar-refractivity contribution in [3.05, 3.63) is 10.0 Å². The van der Waals surface area contributed by atoms with E-state index >= 15 is 0 Å². The first-order valence-corrected chi connectivity index (χ1v) is 17.4. The molecule has 2 aliphatic rings. The Hall–Kier alpha value is -0.686. The molecule has 0 radical (unpaired) electrons. The van der Waals surface area contributed by atoms with Gasteiger partial charge in [0.2, 0.25) is 0 Å². The van der Waals surface area contributed by atoms with Gasteiger partial charge in [-0.3, -0.25) is 0 Å². The van der Waals surface area contributed by atoms with E-state index in [1.54, 1.807) is 4.68 Å². The molecule has 0 spiro atoms. The van der Waals surface area contributed by atoms with Crippen LogP contribution in [0.2, 0.25) is 22.2 Å². The van der Waals surface area contributed by atoms with Crippen LogP contribution >= 0.6 is 22.6 Å². The van der Waals surface area contributed by atoms with Crippen LogP contribution in [0.5, 0.6) is 0 Å². The number of nitrogen functional groups attached to an aromatic ring is 1. The molecule has 2 saturated heterocycles. The van der Waals surface area contributed by atoms with Crippen LogP contribution in [0.3, 0.4) is 0 Å². The topological polar surface area (TPSA) is 127 Å². The summed E-state index contributed by atoms with van der Waals surface area (Å²) in [5.41, 5.74) is 7.36. The summed E-state index contributed by atoms with van der Waals surface area (Å²) in [7, 11) is -5.57. The summed E-state index contributed by atoms with van der Waals surface area (Å²) in [5, 5.41) is 16.8. The maximum absolute atomic E-state index is 11.6. The zero-order valence-electron chi connectivity index (χ0n) is 21.7. The highest BCUT2D eigenvalue weighted by Gasteiger charge is 2.61. The third-order valence-electron chi connectivity index (χ3n) is 7.36. The van der Waals surface area contributed by atoms with Crippen molar-refractivity contribution < 1.29 is 22.8 Å². The van der Waals surface area contributed by atoms with E-state index in [-0.39, 0.29) is 28.8 Å². The minimum absolute atomic E-state index is 0.152. The quantitative estimate of drug-likeness (QED) is 0.367. The molecule has 2 aromatic heterocycles. The van der Waals surface area contributed by atoms with Crippen molar-refractivity contribution in [2.45, 2.75) is 102 Å². The van der Waals surface area contributed by atoms with Gasteiger partial charge in [0, 0.05) is 0 Å². The first kappa shape index (κ1) is 27.4. The predicted molar refractivity (Wildman–Crippen MR) is 146 cm³/mol. The summed E-state index contributed by atoms with van der Waals surface area (Å²) in [6.07, 6.45) is -1.47. The molecule has 196 valence electrons. The average molecular weight is 636 g/mol. The highest BCUT2D eigenvalue weighted by molar-refractivity contribution is 14.1. The summed E-state index contributed by atoms with van der Waals surface area (Å²) >= 11 is 2.10. The molecule has 0 saturated carbocycles. The Morgan fingerprint density at radius 2 is 1.63 bits per heavy atom. The SMILES string of the molecule is CC(C)[Si]1(C(C)C)OC[C@@H]2O[C@@H](n3nc(I)c4c(N)ncnc43)[C@H](O)[C@@H]2O[Si](C(C)C)(C(C)C)O1. The zero-order valence-corrected chi connectivity index (χ0v) is 25.9. The first-order valence-electron chi connectivity index (χ1n) is 12.3. The van der Waals surface area contributed by atoms with Crippen molar-refractivity contribution in [3.8, 4) is 0 Å². The molecule has 13 heteroatoms. The number of nitrogens with two attached hydrogens (primary N) is 1. The minimum Gasteiger partial charge on any atom is -0.414 e. The van der Waals surface area contributed by atoms with E-state index in [0.717, 1.165) is 0 Å². The lowest BCUT2D eigenvalue weighted by atomic mass is 10.1. The van der Waals surface area contributed by atoms with Crippen molar-refractivity contribution in [3.63, 3.8) is 0 Å². The lowest BCUT2D eigenvalue weighted by Gasteiger charge is -2.51. The normalized spacial score (nSPS) is 28.7. The Balaban J connectivity index is 1.79. The van der Waals surface area contributed by atoms with Crippen LogP contribution in [0, 0.1) is 3.70 Å². The molecule has 4 atom stereocenters. The number of ether oxygens (including phenoxy) is 1. The van der Waals surface area contributed by atoms with Gasteiger partial charge < -0.3 is 28.5 Å². The molecule has 10 nitrogen and oxygen atoms in total. The first-order chi connectivity index (χ1) is 16.4. The number of hydrogen-bond donors (Lipinski definition) is 2. The van der Waals surface area contributed by atoms with Gasteiger partial charge in [-0.2, -0.15) is 5.10 Å². The molecule has 2 aromatic rings. The highest BCUT2D eigenvalue weighted by atomic mass is 127. The Kier molecular flexibility index (Phi) is 7.73. The standard InChI is InChI=1S/C22H38IN5O5Si2/c1-11(2)34(12(3)4)30-9-15-18(32-35(33-34,13(5)6)14(7)8)17(29)22(31-15)28-21-16(19(23)27-28)20(24)25-10-26-21/h10-15,17-18,22,29H,9H2,1-8H3,(H2,24,25,26)/t15-,17+,18+,22+/m0/s1. The van der Waals surface area contributed by atoms with Crippen LogP contribution < -0.4 is 5.73 Å². The van der Waals surface area contributed by atoms with Crippen LogP contribution in [0.15, 0.2) is 6.33 Å². The lowest BCUT2D eigenvalue weighted by molar-refractivity contribution is -0.0615. The maximum atomic E-state index is 11.6. The van der Waals surface area contributed by atoms with E-state index in [4.69, 9.17) is 23.4 Å². The van der Waals surface area contributed by atoms with E-state index in [0.29, 0.717) is 20.6 Å². The predicted octanol–water partition coefficient (Wildman–Crippen LogP) is 4.23. The summed E-state index contributed by atoms with van der Waals surface area (Å²) in [6.45, 7) is 17.6. The number of rotatable bonds is 5. The number of anilines is 1. The van der Waals surface area contributed by atoms with Gasteiger partial charge in [0.15, 0.2) is 11.9 Å². The lowest BCUT2D eigenvalue weighted by Crippen LogP contribution is -2.65. The number of halogens is 1. The van der Waals surface area contributed by atoms with Gasteiger partial charge in [-0.05, 0) is 44.8 Å². The molecule has 3 N–H and O–H groups in total. The van der Waals surface area contributed by atoms with E-state index in [9.17, 15) is 5.11 Å². The minimum atomic E-state index is -2.88. The van der Waals surface area contributed by atoms with Crippen LogP contribution in [0.4, 0.5) is 5.82 Å². The molecule has 4 heterocycles. The zero-order chi connectivity index (χ0) is 25.9. The van der Waals surface area contributed by atoms with Gasteiger partial charge in [-0.1, -0.05) is 55.4 Å². The number of aliphatic hydroxyl groups excluding tert-OH is 1. The van der Waals surface area contributed by atoms with Gasteiger partial charge in [0.25, 0.3) is 0 Å². The Morgan fingerprint density at radius 1 is 1.03 bits per heavy atom. The summed E-state index contributed by atoms with van der Waals surface area (Å²) in [4.78, 5) is 8.47.